The summed E-state index contributed by atoms with van der Waals surface area (Å²) in [5, 5.41) is 5.19. The predicted molar refractivity (Wildman–Crippen MR) is 111 cm³/mol. The molecule has 0 spiro atoms. The monoisotopic (exact) mass is 383 g/mol. The second-order valence-corrected chi connectivity index (χ2v) is 8.80. The van der Waals surface area contributed by atoms with Gasteiger partial charge in [-0.2, -0.15) is 0 Å². The highest BCUT2D eigenvalue weighted by molar-refractivity contribution is 7.10. The van der Waals surface area contributed by atoms with Crippen LogP contribution in [-0.2, 0) is 25.9 Å². The molecule has 1 aliphatic carbocycles. The molecule has 4 rings (SSSR count). The zero-order valence-corrected chi connectivity index (χ0v) is 17.0. The minimum Gasteiger partial charge on any atom is -0.348 e. The van der Waals surface area contributed by atoms with Crippen molar-refractivity contribution in [3.8, 4) is 0 Å². The van der Waals surface area contributed by atoms with Crippen molar-refractivity contribution >= 4 is 17.2 Å². The first kappa shape index (κ1) is 18.7. The van der Waals surface area contributed by atoms with Gasteiger partial charge in [-0.3, -0.25) is 9.69 Å². The molecule has 144 valence electrons. The Kier molecular flexibility index (Phi) is 5.91. The molecule has 0 radical (unpaired) electrons. The molecule has 2 heterocycles. The van der Waals surface area contributed by atoms with Gasteiger partial charge in [-0.25, -0.2) is 0 Å². The standard InChI is InChI=1S/C22H29N3OS/c1-24-9-11-25(12-10-24)15-18-6-4-5-17(13-18)14-23-22(26)20-16-27-21-8-3-2-7-19(20)21/h4-6,13,16H,2-3,7-12,14-15H2,1H3,(H,23,26). The predicted octanol–water partition coefficient (Wildman–Crippen LogP) is 3.30. The van der Waals surface area contributed by atoms with Crippen LogP contribution >= 0.6 is 11.3 Å². The molecule has 4 nitrogen and oxygen atoms in total. The van der Waals surface area contributed by atoms with Crippen molar-refractivity contribution in [2.24, 2.45) is 0 Å². The summed E-state index contributed by atoms with van der Waals surface area (Å²) in [4.78, 5) is 19.0. The van der Waals surface area contributed by atoms with Crippen molar-refractivity contribution in [1.29, 1.82) is 0 Å². The topological polar surface area (TPSA) is 35.6 Å². The zero-order chi connectivity index (χ0) is 18.6. The van der Waals surface area contributed by atoms with Gasteiger partial charge in [0.2, 0.25) is 0 Å². The third-order valence-electron chi connectivity index (χ3n) is 5.75. The Hall–Kier alpha value is -1.69. The molecule has 1 saturated heterocycles. The van der Waals surface area contributed by atoms with Crippen molar-refractivity contribution in [3.63, 3.8) is 0 Å². The average Bonchev–Trinajstić information content (AvgIpc) is 3.13. The fourth-order valence-electron chi connectivity index (χ4n) is 4.06. The van der Waals surface area contributed by atoms with Crippen molar-refractivity contribution in [3.05, 3.63) is 56.8 Å². The van der Waals surface area contributed by atoms with Crippen molar-refractivity contribution < 1.29 is 4.79 Å². The Balaban J connectivity index is 1.34. The minimum absolute atomic E-state index is 0.0823. The lowest BCUT2D eigenvalue weighted by atomic mass is 9.95. The van der Waals surface area contributed by atoms with E-state index in [9.17, 15) is 4.79 Å². The number of benzene rings is 1. The van der Waals surface area contributed by atoms with Crippen LogP contribution in [0.3, 0.4) is 0 Å². The molecule has 1 aromatic carbocycles. The van der Waals surface area contributed by atoms with Gasteiger partial charge in [0, 0.05) is 49.5 Å². The number of hydrogen-bond donors (Lipinski definition) is 1. The number of piperazine rings is 1. The van der Waals surface area contributed by atoms with E-state index in [0.717, 1.165) is 51.1 Å². The minimum atomic E-state index is 0.0823. The van der Waals surface area contributed by atoms with Gasteiger partial charge in [-0.05, 0) is 49.4 Å². The molecule has 1 amide bonds. The maximum absolute atomic E-state index is 12.7. The van der Waals surface area contributed by atoms with Crippen LogP contribution in [0.4, 0.5) is 0 Å². The molecule has 0 saturated carbocycles. The number of hydrogen-bond acceptors (Lipinski definition) is 4. The molecule has 2 aromatic rings. The molecule has 1 aliphatic heterocycles. The molecule has 1 N–H and O–H groups in total. The summed E-state index contributed by atoms with van der Waals surface area (Å²) in [6, 6.07) is 8.65. The van der Waals surface area contributed by atoms with Crippen LogP contribution in [0, 0.1) is 0 Å². The van der Waals surface area contributed by atoms with Gasteiger partial charge in [-0.1, -0.05) is 24.3 Å². The Morgan fingerprint density at radius 3 is 2.74 bits per heavy atom. The summed E-state index contributed by atoms with van der Waals surface area (Å²) in [6.07, 6.45) is 4.66. The van der Waals surface area contributed by atoms with Crippen LogP contribution in [0.15, 0.2) is 29.6 Å². The highest BCUT2D eigenvalue weighted by Crippen LogP contribution is 2.30. The molecule has 1 fully saturated rings. The lowest BCUT2D eigenvalue weighted by Crippen LogP contribution is -2.43. The van der Waals surface area contributed by atoms with Crippen molar-refractivity contribution in [1.82, 2.24) is 15.1 Å². The van der Waals surface area contributed by atoms with Crippen LogP contribution in [0.5, 0.6) is 0 Å². The van der Waals surface area contributed by atoms with E-state index in [0.29, 0.717) is 6.54 Å². The van der Waals surface area contributed by atoms with Gasteiger partial charge in [0.1, 0.15) is 0 Å². The molecule has 27 heavy (non-hydrogen) atoms. The van der Waals surface area contributed by atoms with Crippen LogP contribution in [-0.4, -0.2) is 48.9 Å². The fraction of sp³-hybridized carbons (Fsp3) is 0.500. The number of amides is 1. The van der Waals surface area contributed by atoms with Crippen molar-refractivity contribution in [2.75, 3.05) is 33.2 Å². The normalized spacial score (nSPS) is 18.3. The van der Waals surface area contributed by atoms with E-state index in [1.54, 1.807) is 11.3 Å². The number of likely N-dealkylation sites (N-methyl/N-ethyl adjacent to an activating group) is 1. The van der Waals surface area contributed by atoms with Gasteiger partial charge in [0.15, 0.2) is 0 Å². The number of nitrogens with one attached hydrogen (secondary N) is 1. The molecule has 0 bridgehead atoms. The number of carbonyl (C=O) groups is 1. The Morgan fingerprint density at radius 2 is 1.89 bits per heavy atom. The van der Waals surface area contributed by atoms with Crippen LogP contribution < -0.4 is 5.32 Å². The first-order chi connectivity index (χ1) is 13.2. The molecule has 5 heteroatoms. The Labute approximate surface area is 166 Å². The van der Waals surface area contributed by atoms with Crippen LogP contribution in [0.2, 0.25) is 0 Å². The van der Waals surface area contributed by atoms with E-state index < -0.39 is 0 Å². The quantitative estimate of drug-likeness (QED) is 0.860. The van der Waals surface area contributed by atoms with E-state index in [2.05, 4.69) is 51.8 Å². The van der Waals surface area contributed by atoms with E-state index >= 15 is 0 Å². The van der Waals surface area contributed by atoms with Gasteiger partial charge >= 0.3 is 0 Å². The largest absolute Gasteiger partial charge is 0.348 e. The number of carbonyl (C=O) groups excluding carboxylic acids is 1. The van der Waals surface area contributed by atoms with Crippen LogP contribution in [0.25, 0.3) is 0 Å². The van der Waals surface area contributed by atoms with Gasteiger partial charge in [0.25, 0.3) is 5.91 Å². The molecule has 0 unspecified atom stereocenters. The maximum Gasteiger partial charge on any atom is 0.252 e. The van der Waals surface area contributed by atoms with Gasteiger partial charge < -0.3 is 10.2 Å². The number of aryl methyl sites for hydroxylation is 1. The van der Waals surface area contributed by atoms with E-state index in [4.69, 9.17) is 0 Å². The molecule has 2 aliphatic rings. The SMILES string of the molecule is CN1CCN(Cc2cccc(CNC(=O)c3csc4c3CCCC4)c2)CC1. The Bertz CT molecular complexity index is 793. The smallest absolute Gasteiger partial charge is 0.252 e. The number of thiophene rings is 1. The fourth-order valence-corrected chi connectivity index (χ4v) is 5.19. The summed E-state index contributed by atoms with van der Waals surface area (Å²) in [5.41, 5.74) is 4.72. The van der Waals surface area contributed by atoms with Gasteiger partial charge in [0.05, 0.1) is 5.56 Å². The van der Waals surface area contributed by atoms with Crippen molar-refractivity contribution in [2.45, 2.75) is 38.8 Å². The third-order valence-corrected chi connectivity index (χ3v) is 6.84. The summed E-state index contributed by atoms with van der Waals surface area (Å²) >= 11 is 1.75. The van der Waals surface area contributed by atoms with E-state index in [1.165, 1.54) is 34.4 Å². The lowest BCUT2D eigenvalue weighted by molar-refractivity contribution is 0.0950. The second kappa shape index (κ2) is 8.55. The molecular weight excluding hydrogens is 354 g/mol. The summed E-state index contributed by atoms with van der Waals surface area (Å²) < 4.78 is 0. The average molecular weight is 384 g/mol. The second-order valence-electron chi connectivity index (χ2n) is 7.84. The van der Waals surface area contributed by atoms with E-state index in [-0.39, 0.29) is 5.91 Å². The maximum atomic E-state index is 12.7. The molecular formula is C22H29N3OS. The lowest BCUT2D eigenvalue weighted by Gasteiger charge is -2.32. The summed E-state index contributed by atoms with van der Waals surface area (Å²) in [6.45, 7) is 6.12. The number of fused-ring (bicyclic) bond motifs is 1. The number of nitrogens with zero attached hydrogens (tertiary/aromatic N) is 2. The van der Waals surface area contributed by atoms with Crippen LogP contribution in [0.1, 0.15) is 44.8 Å². The number of rotatable bonds is 5. The highest BCUT2D eigenvalue weighted by Gasteiger charge is 2.20. The van der Waals surface area contributed by atoms with E-state index in [1.807, 2.05) is 0 Å². The van der Waals surface area contributed by atoms with Gasteiger partial charge in [-0.15, -0.1) is 11.3 Å². The Morgan fingerprint density at radius 1 is 1.11 bits per heavy atom. The highest BCUT2D eigenvalue weighted by atomic mass is 32.1. The third kappa shape index (κ3) is 4.60. The zero-order valence-electron chi connectivity index (χ0n) is 16.2. The summed E-state index contributed by atoms with van der Waals surface area (Å²) in [7, 11) is 2.19. The summed E-state index contributed by atoms with van der Waals surface area (Å²) in [5.74, 6) is 0.0823. The molecule has 1 aromatic heterocycles. The first-order valence-electron chi connectivity index (χ1n) is 10.1. The molecule has 0 atom stereocenters. The first-order valence-corrected chi connectivity index (χ1v) is 10.9.